The van der Waals surface area contributed by atoms with Crippen molar-refractivity contribution in [1.29, 1.82) is 0 Å². The molecule has 28 heavy (non-hydrogen) atoms. The van der Waals surface area contributed by atoms with E-state index in [1.54, 1.807) is 11.8 Å². The van der Waals surface area contributed by atoms with Gasteiger partial charge in [0.25, 0.3) is 0 Å². The summed E-state index contributed by atoms with van der Waals surface area (Å²) in [6, 6.07) is 17.9. The first-order chi connectivity index (χ1) is 13.6. The van der Waals surface area contributed by atoms with Crippen LogP contribution in [0.2, 0.25) is 0 Å². The van der Waals surface area contributed by atoms with Gasteiger partial charge in [-0.15, -0.1) is 10.2 Å². The number of aryl methyl sites for hydroxylation is 1. The molecule has 7 heteroatoms. The van der Waals surface area contributed by atoms with Gasteiger partial charge in [0.15, 0.2) is 5.16 Å². The smallest absolute Gasteiger partial charge is 0.221 e. The van der Waals surface area contributed by atoms with Crippen molar-refractivity contribution in [2.45, 2.75) is 24.8 Å². The molecule has 0 saturated heterocycles. The van der Waals surface area contributed by atoms with Gasteiger partial charge in [0, 0.05) is 29.9 Å². The molecule has 1 amide bonds. The van der Waals surface area contributed by atoms with Gasteiger partial charge in [-0.3, -0.25) is 14.3 Å². The van der Waals surface area contributed by atoms with Crippen molar-refractivity contribution in [3.05, 3.63) is 72.2 Å². The van der Waals surface area contributed by atoms with Gasteiger partial charge in [-0.2, -0.15) is 0 Å². The average molecular weight is 389 g/mol. The van der Waals surface area contributed by atoms with Crippen molar-refractivity contribution < 1.29 is 4.79 Å². The Morgan fingerprint density at radius 2 is 1.93 bits per heavy atom. The fourth-order valence-corrected chi connectivity index (χ4v) is 4.07. The van der Waals surface area contributed by atoms with E-state index in [0.717, 1.165) is 44.6 Å². The zero-order valence-electron chi connectivity index (χ0n) is 15.6. The fourth-order valence-electron chi connectivity index (χ4n) is 3.09. The van der Waals surface area contributed by atoms with Crippen LogP contribution in [0.1, 0.15) is 18.3 Å². The molecule has 0 aliphatic carbocycles. The molecule has 0 saturated carbocycles. The number of anilines is 1. The maximum Gasteiger partial charge on any atom is 0.221 e. The number of carbonyl (C=O) groups excluding carboxylic acids is 1. The van der Waals surface area contributed by atoms with Crippen LogP contribution in [-0.4, -0.2) is 25.7 Å². The van der Waals surface area contributed by atoms with Crippen LogP contribution in [0.25, 0.3) is 16.6 Å². The third kappa shape index (κ3) is 3.75. The number of nitrogens with zero attached hydrogens (tertiary/aromatic N) is 4. The Balaban J connectivity index is 1.63. The highest BCUT2D eigenvalue weighted by molar-refractivity contribution is 7.98. The number of benzene rings is 2. The van der Waals surface area contributed by atoms with Gasteiger partial charge in [-0.1, -0.05) is 42.1 Å². The van der Waals surface area contributed by atoms with Crippen LogP contribution in [0.15, 0.2) is 66.0 Å². The van der Waals surface area contributed by atoms with Crippen LogP contribution in [0, 0.1) is 6.92 Å². The first-order valence-electron chi connectivity index (χ1n) is 8.87. The maximum absolute atomic E-state index is 11.4. The molecule has 4 aromatic rings. The maximum atomic E-state index is 11.4. The van der Waals surface area contributed by atoms with Gasteiger partial charge in [0.1, 0.15) is 5.82 Å². The molecule has 0 aliphatic heterocycles. The van der Waals surface area contributed by atoms with E-state index in [1.807, 2.05) is 54.1 Å². The first-order valence-corrected chi connectivity index (χ1v) is 9.86. The van der Waals surface area contributed by atoms with E-state index >= 15 is 0 Å². The van der Waals surface area contributed by atoms with Crippen molar-refractivity contribution in [2.24, 2.45) is 0 Å². The molecule has 0 atom stereocenters. The number of rotatable bonds is 5. The van der Waals surface area contributed by atoms with E-state index in [9.17, 15) is 4.79 Å². The summed E-state index contributed by atoms with van der Waals surface area (Å²) in [6.07, 6.45) is 1.82. The summed E-state index contributed by atoms with van der Waals surface area (Å²) in [6.45, 7) is 3.41. The van der Waals surface area contributed by atoms with Crippen LogP contribution in [0.4, 0.5) is 5.69 Å². The number of nitrogens with one attached hydrogen (secondary N) is 1. The number of carbonyl (C=O) groups is 1. The van der Waals surface area contributed by atoms with E-state index in [1.165, 1.54) is 6.92 Å². The van der Waals surface area contributed by atoms with Crippen molar-refractivity contribution in [2.75, 3.05) is 5.32 Å². The van der Waals surface area contributed by atoms with E-state index in [4.69, 9.17) is 0 Å². The standard InChI is InChI=1S/C21H19N5OS/c1-14-24-25-21(26(14)19-10-4-9-18(12-19)23-15(2)27)28-13-17-7-3-6-16-8-5-11-22-20(16)17/h3-12H,13H2,1-2H3,(H,23,27). The fraction of sp³-hybridized carbons (Fsp3) is 0.143. The number of thioether (sulfide) groups is 1. The van der Waals surface area contributed by atoms with Gasteiger partial charge in [-0.05, 0) is 36.8 Å². The lowest BCUT2D eigenvalue weighted by Gasteiger charge is -2.11. The van der Waals surface area contributed by atoms with Crippen molar-refractivity contribution in [3.63, 3.8) is 0 Å². The predicted octanol–water partition coefficient (Wildman–Crippen LogP) is 4.37. The third-order valence-corrected chi connectivity index (χ3v) is 5.27. The second-order valence-electron chi connectivity index (χ2n) is 6.38. The average Bonchev–Trinajstić information content (AvgIpc) is 3.06. The Kier molecular flexibility index (Phi) is 5.08. The molecule has 4 rings (SSSR count). The lowest BCUT2D eigenvalue weighted by Crippen LogP contribution is -2.07. The number of amides is 1. The molecular weight excluding hydrogens is 370 g/mol. The summed E-state index contributed by atoms with van der Waals surface area (Å²) in [7, 11) is 0. The Hall–Kier alpha value is -3.19. The minimum absolute atomic E-state index is 0.101. The molecule has 1 N–H and O–H groups in total. The number of pyridine rings is 1. The molecular formula is C21H19N5OS. The summed E-state index contributed by atoms with van der Waals surface area (Å²) < 4.78 is 1.99. The number of para-hydroxylation sites is 1. The zero-order chi connectivity index (χ0) is 19.5. The zero-order valence-corrected chi connectivity index (χ0v) is 16.4. The van der Waals surface area contributed by atoms with Gasteiger partial charge in [-0.25, -0.2) is 0 Å². The van der Waals surface area contributed by atoms with Crippen molar-refractivity contribution in [3.8, 4) is 5.69 Å². The van der Waals surface area contributed by atoms with E-state index in [-0.39, 0.29) is 5.91 Å². The van der Waals surface area contributed by atoms with Crippen LogP contribution in [0.5, 0.6) is 0 Å². The molecule has 0 unspecified atom stereocenters. The minimum Gasteiger partial charge on any atom is -0.326 e. The topological polar surface area (TPSA) is 72.7 Å². The Morgan fingerprint density at radius 3 is 2.79 bits per heavy atom. The molecule has 140 valence electrons. The molecule has 0 bridgehead atoms. The minimum atomic E-state index is -0.101. The van der Waals surface area contributed by atoms with E-state index in [2.05, 4.69) is 38.7 Å². The highest BCUT2D eigenvalue weighted by Gasteiger charge is 2.13. The SMILES string of the molecule is CC(=O)Nc1cccc(-n2c(C)nnc2SCc2cccc3cccnc23)c1. The summed E-state index contributed by atoms with van der Waals surface area (Å²) in [5.74, 6) is 1.42. The second kappa shape index (κ2) is 7.82. The van der Waals surface area contributed by atoms with Crippen LogP contribution in [0.3, 0.4) is 0 Å². The van der Waals surface area contributed by atoms with Gasteiger partial charge in [0.05, 0.1) is 11.2 Å². The highest BCUT2D eigenvalue weighted by atomic mass is 32.2. The highest BCUT2D eigenvalue weighted by Crippen LogP contribution is 2.28. The molecule has 2 aromatic carbocycles. The first kappa shape index (κ1) is 18.2. The number of hydrogen-bond acceptors (Lipinski definition) is 5. The molecule has 0 spiro atoms. The molecule has 6 nitrogen and oxygen atoms in total. The summed E-state index contributed by atoms with van der Waals surface area (Å²) in [5, 5.41) is 13.3. The lowest BCUT2D eigenvalue weighted by molar-refractivity contribution is -0.114. The summed E-state index contributed by atoms with van der Waals surface area (Å²) in [4.78, 5) is 15.9. The van der Waals surface area contributed by atoms with Crippen LogP contribution in [-0.2, 0) is 10.5 Å². The third-order valence-electron chi connectivity index (χ3n) is 4.29. The molecule has 2 heterocycles. The molecule has 0 fully saturated rings. The van der Waals surface area contributed by atoms with Crippen molar-refractivity contribution >= 4 is 34.3 Å². The lowest BCUT2D eigenvalue weighted by atomic mass is 10.1. The number of fused-ring (bicyclic) bond motifs is 1. The van der Waals surface area contributed by atoms with Crippen LogP contribution >= 0.6 is 11.8 Å². The van der Waals surface area contributed by atoms with Crippen molar-refractivity contribution in [1.82, 2.24) is 19.7 Å². The number of aromatic nitrogens is 4. The summed E-state index contributed by atoms with van der Waals surface area (Å²) in [5.41, 5.74) is 3.81. The molecule has 0 aliphatic rings. The molecule has 0 radical (unpaired) electrons. The second-order valence-corrected chi connectivity index (χ2v) is 7.32. The Bertz CT molecular complexity index is 1150. The normalized spacial score (nSPS) is 10.9. The van der Waals surface area contributed by atoms with E-state index in [0.29, 0.717) is 0 Å². The number of hydrogen-bond donors (Lipinski definition) is 1. The van der Waals surface area contributed by atoms with Gasteiger partial charge in [0.2, 0.25) is 5.91 Å². The Labute approximate surface area is 167 Å². The van der Waals surface area contributed by atoms with Gasteiger partial charge >= 0.3 is 0 Å². The van der Waals surface area contributed by atoms with Gasteiger partial charge < -0.3 is 5.32 Å². The van der Waals surface area contributed by atoms with Crippen LogP contribution < -0.4 is 5.32 Å². The Morgan fingerprint density at radius 1 is 1.11 bits per heavy atom. The van der Waals surface area contributed by atoms with E-state index < -0.39 is 0 Å². The predicted molar refractivity (Wildman–Crippen MR) is 112 cm³/mol. The monoisotopic (exact) mass is 389 g/mol. The molecule has 2 aromatic heterocycles. The summed E-state index contributed by atoms with van der Waals surface area (Å²) >= 11 is 1.61. The quantitative estimate of drug-likeness (QED) is 0.513. The largest absolute Gasteiger partial charge is 0.326 e.